The van der Waals surface area contributed by atoms with E-state index in [1.165, 1.54) is 12.8 Å². The second-order valence-electron chi connectivity index (χ2n) is 5.42. The maximum Gasteiger partial charge on any atom is 0.148 e. The molecule has 1 aromatic heterocycles. The molecule has 1 saturated heterocycles. The Bertz CT molecular complexity index is 467. The van der Waals surface area contributed by atoms with Crippen molar-refractivity contribution in [2.75, 3.05) is 26.2 Å². The minimum absolute atomic E-state index is 0. The molecule has 3 nitrogen and oxygen atoms in total. The van der Waals surface area contributed by atoms with Gasteiger partial charge in [-0.25, -0.2) is 4.98 Å². The number of unbranched alkanes of at least 4 members (excludes halogenated alkanes) is 2. The molecule has 1 atom stereocenters. The largest absolute Gasteiger partial charge is 0.314 e. The molecule has 0 radical (unpaired) electrons. The molecule has 23 heavy (non-hydrogen) atoms. The van der Waals surface area contributed by atoms with Crippen LogP contribution < -0.4 is 5.32 Å². The molecule has 0 bridgehead atoms. The molecule has 0 aromatic carbocycles. The Kier molecular flexibility index (Phi) is 12.2. The Morgan fingerprint density at radius 1 is 1.17 bits per heavy atom. The molecule has 134 valence electrons. The summed E-state index contributed by atoms with van der Waals surface area (Å²) in [4.78, 5) is 6.49. The molecule has 1 aromatic rings. The number of nitrogens with one attached hydrogen (secondary N) is 1. The van der Waals surface area contributed by atoms with Gasteiger partial charge in [0.2, 0.25) is 0 Å². The van der Waals surface area contributed by atoms with E-state index < -0.39 is 0 Å². The predicted molar refractivity (Wildman–Crippen MR) is 105 cm³/mol. The Hall–Kier alpha value is 0.520. The summed E-state index contributed by atoms with van der Waals surface area (Å²) in [6.07, 6.45) is 6.24. The molecular formula is C15H24Cl5N3. The fourth-order valence-electron chi connectivity index (χ4n) is 2.85. The molecule has 1 fully saturated rings. The molecule has 0 aliphatic carbocycles. The van der Waals surface area contributed by atoms with Crippen LogP contribution in [0.1, 0.15) is 44.2 Å². The van der Waals surface area contributed by atoms with E-state index in [1.54, 1.807) is 6.20 Å². The average Bonchev–Trinajstić information content (AvgIpc) is 2.51. The number of hydrogen-bond donors (Lipinski definition) is 1. The quantitative estimate of drug-likeness (QED) is 0.490. The highest BCUT2D eigenvalue weighted by Gasteiger charge is 2.27. The zero-order chi connectivity index (χ0) is 15.2. The van der Waals surface area contributed by atoms with E-state index in [0.717, 1.165) is 44.6 Å². The zero-order valence-corrected chi connectivity index (χ0v) is 17.1. The first-order valence-corrected chi connectivity index (χ1v) is 8.72. The van der Waals surface area contributed by atoms with Gasteiger partial charge in [-0.2, -0.15) is 0 Å². The summed E-state index contributed by atoms with van der Waals surface area (Å²) in [7, 11) is 0. The number of pyridine rings is 1. The van der Waals surface area contributed by atoms with Crippen molar-refractivity contribution in [3.05, 3.63) is 27.0 Å². The van der Waals surface area contributed by atoms with E-state index in [0.29, 0.717) is 15.2 Å². The highest BCUT2D eigenvalue weighted by Crippen LogP contribution is 2.39. The van der Waals surface area contributed by atoms with Crippen LogP contribution in [-0.4, -0.2) is 36.1 Å². The molecule has 1 aliphatic rings. The summed E-state index contributed by atoms with van der Waals surface area (Å²) in [6, 6.07) is 0.221. The lowest BCUT2D eigenvalue weighted by atomic mass is 9.99. The van der Waals surface area contributed by atoms with Gasteiger partial charge < -0.3 is 5.32 Å². The van der Waals surface area contributed by atoms with Crippen molar-refractivity contribution in [3.8, 4) is 0 Å². The fraction of sp³-hybridized carbons (Fsp3) is 0.667. The number of rotatable bonds is 6. The third-order valence-corrected chi connectivity index (χ3v) is 5.04. The van der Waals surface area contributed by atoms with Crippen molar-refractivity contribution in [2.45, 2.75) is 38.6 Å². The molecule has 0 saturated carbocycles. The Morgan fingerprint density at radius 2 is 1.83 bits per heavy atom. The highest BCUT2D eigenvalue weighted by atomic mass is 35.5. The number of nitrogens with zero attached hydrogens (tertiary/aromatic N) is 2. The topological polar surface area (TPSA) is 28.2 Å². The van der Waals surface area contributed by atoms with Gasteiger partial charge in [0.15, 0.2) is 0 Å². The van der Waals surface area contributed by atoms with Gasteiger partial charge in [-0.15, -0.1) is 24.8 Å². The zero-order valence-electron chi connectivity index (χ0n) is 13.2. The van der Waals surface area contributed by atoms with E-state index in [4.69, 9.17) is 34.8 Å². The van der Waals surface area contributed by atoms with Crippen LogP contribution in [0, 0.1) is 0 Å². The van der Waals surface area contributed by atoms with Gasteiger partial charge in [-0.05, 0) is 6.42 Å². The highest BCUT2D eigenvalue weighted by molar-refractivity contribution is 6.43. The number of hydrogen-bond acceptors (Lipinski definition) is 3. The van der Waals surface area contributed by atoms with Gasteiger partial charge in [0, 0.05) is 44.0 Å². The summed E-state index contributed by atoms with van der Waals surface area (Å²) in [5.74, 6) is 0. The Balaban J connectivity index is 0.00000242. The molecule has 1 aliphatic heterocycles. The first-order valence-electron chi connectivity index (χ1n) is 7.59. The lowest BCUT2D eigenvalue weighted by Gasteiger charge is -2.36. The second kappa shape index (κ2) is 12.0. The van der Waals surface area contributed by atoms with E-state index >= 15 is 0 Å². The van der Waals surface area contributed by atoms with Crippen molar-refractivity contribution in [3.63, 3.8) is 0 Å². The van der Waals surface area contributed by atoms with E-state index in [9.17, 15) is 0 Å². The van der Waals surface area contributed by atoms with Crippen LogP contribution >= 0.6 is 59.6 Å². The van der Waals surface area contributed by atoms with E-state index in [2.05, 4.69) is 22.1 Å². The Labute approximate surface area is 166 Å². The SMILES string of the molecule is CCCCC[C@H](c1c(Cl)cnc(Cl)c1Cl)N1CCNCC1.Cl.Cl. The van der Waals surface area contributed by atoms with Crippen molar-refractivity contribution in [2.24, 2.45) is 0 Å². The molecular weight excluding hydrogens is 399 g/mol. The second-order valence-corrected chi connectivity index (χ2v) is 6.57. The molecule has 2 rings (SSSR count). The number of halogens is 5. The van der Waals surface area contributed by atoms with E-state index in [1.807, 2.05) is 0 Å². The first kappa shape index (κ1) is 23.5. The summed E-state index contributed by atoms with van der Waals surface area (Å²) in [5, 5.41) is 4.84. The molecule has 1 N–H and O–H groups in total. The van der Waals surface area contributed by atoms with Gasteiger partial charge in [0.05, 0.1) is 10.0 Å². The maximum atomic E-state index is 6.40. The van der Waals surface area contributed by atoms with Crippen LogP contribution in [0.3, 0.4) is 0 Å². The maximum absolute atomic E-state index is 6.40. The van der Waals surface area contributed by atoms with Crippen LogP contribution in [0.5, 0.6) is 0 Å². The molecule has 8 heteroatoms. The van der Waals surface area contributed by atoms with Crippen molar-refractivity contribution >= 4 is 59.6 Å². The monoisotopic (exact) mass is 421 g/mol. The smallest absolute Gasteiger partial charge is 0.148 e. The number of aromatic nitrogens is 1. The van der Waals surface area contributed by atoms with Crippen molar-refractivity contribution in [1.82, 2.24) is 15.2 Å². The lowest BCUT2D eigenvalue weighted by Crippen LogP contribution is -2.45. The predicted octanol–water partition coefficient (Wildman–Crippen LogP) is 5.41. The van der Waals surface area contributed by atoms with Crippen LogP contribution in [0.4, 0.5) is 0 Å². The molecule has 0 spiro atoms. The molecule has 0 unspecified atom stereocenters. The molecule has 0 amide bonds. The first-order chi connectivity index (χ1) is 10.1. The van der Waals surface area contributed by atoms with Gasteiger partial charge in [-0.1, -0.05) is 61.0 Å². The number of piperazine rings is 1. The van der Waals surface area contributed by atoms with Crippen LogP contribution in [0.2, 0.25) is 15.2 Å². The fourth-order valence-corrected chi connectivity index (χ4v) is 3.60. The Morgan fingerprint density at radius 3 is 2.43 bits per heavy atom. The summed E-state index contributed by atoms with van der Waals surface area (Å²) < 4.78 is 0. The van der Waals surface area contributed by atoms with Gasteiger partial charge in [0.1, 0.15) is 5.15 Å². The normalized spacial score (nSPS) is 16.3. The minimum Gasteiger partial charge on any atom is -0.314 e. The van der Waals surface area contributed by atoms with Gasteiger partial charge in [-0.3, -0.25) is 4.90 Å². The van der Waals surface area contributed by atoms with Crippen molar-refractivity contribution < 1.29 is 0 Å². The summed E-state index contributed by atoms with van der Waals surface area (Å²) >= 11 is 18.9. The third kappa shape index (κ3) is 6.39. The van der Waals surface area contributed by atoms with E-state index in [-0.39, 0.29) is 30.9 Å². The lowest BCUT2D eigenvalue weighted by molar-refractivity contribution is 0.163. The summed E-state index contributed by atoms with van der Waals surface area (Å²) in [6.45, 7) is 6.21. The van der Waals surface area contributed by atoms with Gasteiger partial charge >= 0.3 is 0 Å². The third-order valence-electron chi connectivity index (χ3n) is 3.97. The van der Waals surface area contributed by atoms with Crippen molar-refractivity contribution in [1.29, 1.82) is 0 Å². The standard InChI is InChI=1S/C15H22Cl3N3.2ClH/c1-2-3-4-5-12(21-8-6-19-7-9-21)13-11(16)10-20-15(18)14(13)17;;/h10,12,19H,2-9H2,1H3;2*1H/t12-;;/m1../s1. The van der Waals surface area contributed by atoms with Crippen LogP contribution in [0.15, 0.2) is 6.20 Å². The molecule has 2 heterocycles. The van der Waals surface area contributed by atoms with Crippen LogP contribution in [0.25, 0.3) is 0 Å². The minimum atomic E-state index is 0. The average molecular weight is 424 g/mol. The van der Waals surface area contributed by atoms with Gasteiger partial charge in [0.25, 0.3) is 0 Å². The van der Waals surface area contributed by atoms with Crippen LogP contribution in [-0.2, 0) is 0 Å². The summed E-state index contributed by atoms with van der Waals surface area (Å²) in [5.41, 5.74) is 0.941.